The molecule has 0 saturated carbocycles. The monoisotopic (exact) mass is 286 g/mol. The van der Waals surface area contributed by atoms with Gasteiger partial charge < -0.3 is 10.1 Å². The van der Waals surface area contributed by atoms with Gasteiger partial charge in [-0.15, -0.1) is 0 Å². The molecule has 0 aliphatic heterocycles. The quantitative estimate of drug-likeness (QED) is 0.796. The second-order valence-electron chi connectivity index (χ2n) is 5.56. The maximum absolute atomic E-state index is 5.32. The first kappa shape index (κ1) is 14.1. The summed E-state index contributed by atoms with van der Waals surface area (Å²) in [5, 5.41) is 10.4. The molecule has 21 heavy (non-hydrogen) atoms. The molecule has 1 unspecified atom stereocenters. The largest absolute Gasteiger partial charge is 0.497 e. The van der Waals surface area contributed by atoms with Crippen LogP contribution in [0.5, 0.6) is 5.75 Å². The highest BCUT2D eigenvalue weighted by Gasteiger charge is 2.18. The van der Waals surface area contributed by atoms with E-state index in [4.69, 9.17) is 4.74 Å². The summed E-state index contributed by atoms with van der Waals surface area (Å²) in [5.41, 5.74) is 2.89. The normalized spacial score (nSPS) is 17.5. The molecule has 1 heterocycles. The summed E-state index contributed by atoms with van der Waals surface area (Å²) in [6, 6.07) is 7.01. The summed E-state index contributed by atoms with van der Waals surface area (Å²) in [4.78, 5) is 4.14. The molecule has 1 aliphatic carbocycles. The average Bonchev–Trinajstić information content (AvgIpc) is 3.04. The third kappa shape index (κ3) is 3.61. The Balaban J connectivity index is 1.47. The Hall–Kier alpha value is -1.88. The van der Waals surface area contributed by atoms with Crippen LogP contribution < -0.4 is 10.1 Å². The number of benzene rings is 1. The minimum atomic E-state index is 0.569. The fourth-order valence-electron chi connectivity index (χ4n) is 2.95. The van der Waals surface area contributed by atoms with Gasteiger partial charge in [-0.2, -0.15) is 5.10 Å². The molecule has 0 amide bonds. The Morgan fingerprint density at radius 3 is 3.14 bits per heavy atom. The standard InChI is InChI=1S/C16H22N4O/c1-21-15-7-5-12-4-6-14(9-13(12)10-15)17-8-2-3-16-18-11-19-20-16/h5,7,10-11,14,17H,2-4,6,8-9H2,1H3,(H,18,19,20). The number of H-pyrrole nitrogens is 1. The lowest BCUT2D eigenvalue weighted by Gasteiger charge is -2.26. The molecule has 1 aromatic carbocycles. The summed E-state index contributed by atoms with van der Waals surface area (Å²) < 4.78 is 5.32. The fourth-order valence-corrected chi connectivity index (χ4v) is 2.95. The molecule has 0 fully saturated rings. The van der Waals surface area contributed by atoms with Gasteiger partial charge in [-0.05, 0) is 55.5 Å². The van der Waals surface area contributed by atoms with E-state index in [-0.39, 0.29) is 0 Å². The van der Waals surface area contributed by atoms with Crippen LogP contribution in [0.25, 0.3) is 0 Å². The first-order valence-electron chi connectivity index (χ1n) is 7.58. The van der Waals surface area contributed by atoms with Crippen LogP contribution in [0.4, 0.5) is 0 Å². The van der Waals surface area contributed by atoms with Gasteiger partial charge >= 0.3 is 0 Å². The number of aryl methyl sites for hydroxylation is 2. The van der Waals surface area contributed by atoms with Crippen LogP contribution in [0.3, 0.4) is 0 Å². The third-order valence-electron chi connectivity index (χ3n) is 4.13. The number of hydrogen-bond acceptors (Lipinski definition) is 4. The van der Waals surface area contributed by atoms with E-state index in [9.17, 15) is 0 Å². The van der Waals surface area contributed by atoms with E-state index in [0.29, 0.717) is 6.04 Å². The van der Waals surface area contributed by atoms with Crippen molar-refractivity contribution in [2.24, 2.45) is 0 Å². The van der Waals surface area contributed by atoms with Crippen LogP contribution in [0.15, 0.2) is 24.5 Å². The molecule has 1 aromatic heterocycles. The molecular weight excluding hydrogens is 264 g/mol. The lowest BCUT2D eigenvalue weighted by Crippen LogP contribution is -2.35. The van der Waals surface area contributed by atoms with Crippen molar-refractivity contribution in [3.8, 4) is 5.75 Å². The van der Waals surface area contributed by atoms with Crippen LogP contribution in [0.2, 0.25) is 0 Å². The van der Waals surface area contributed by atoms with Gasteiger partial charge in [0.1, 0.15) is 17.9 Å². The van der Waals surface area contributed by atoms with Crippen LogP contribution in [0.1, 0.15) is 29.8 Å². The number of methoxy groups -OCH3 is 1. The van der Waals surface area contributed by atoms with Crippen molar-refractivity contribution in [1.82, 2.24) is 20.5 Å². The van der Waals surface area contributed by atoms with Gasteiger partial charge in [-0.3, -0.25) is 5.10 Å². The number of fused-ring (bicyclic) bond motifs is 1. The molecule has 2 N–H and O–H groups in total. The molecule has 0 bridgehead atoms. The molecule has 0 saturated heterocycles. The van der Waals surface area contributed by atoms with Gasteiger partial charge in [0.05, 0.1) is 7.11 Å². The Kier molecular flexibility index (Phi) is 4.50. The first-order valence-corrected chi connectivity index (χ1v) is 7.58. The SMILES string of the molecule is COc1ccc2c(c1)CC(NCCCc1ncn[nH]1)CC2. The van der Waals surface area contributed by atoms with Gasteiger partial charge in [0.25, 0.3) is 0 Å². The van der Waals surface area contributed by atoms with Crippen LogP contribution >= 0.6 is 0 Å². The van der Waals surface area contributed by atoms with E-state index in [2.05, 4.69) is 38.7 Å². The summed E-state index contributed by atoms with van der Waals surface area (Å²) in [6.07, 6.45) is 7.05. The van der Waals surface area contributed by atoms with Gasteiger partial charge in [0.15, 0.2) is 0 Å². The van der Waals surface area contributed by atoms with Crippen LogP contribution in [-0.2, 0) is 19.3 Å². The second kappa shape index (κ2) is 6.72. The Morgan fingerprint density at radius 1 is 1.38 bits per heavy atom. The average molecular weight is 286 g/mol. The number of rotatable bonds is 6. The second-order valence-corrected chi connectivity index (χ2v) is 5.56. The third-order valence-corrected chi connectivity index (χ3v) is 4.13. The highest BCUT2D eigenvalue weighted by Crippen LogP contribution is 2.25. The summed E-state index contributed by atoms with van der Waals surface area (Å²) in [7, 11) is 1.73. The predicted octanol–water partition coefficient (Wildman–Crippen LogP) is 1.89. The molecular formula is C16H22N4O. The fraction of sp³-hybridized carbons (Fsp3) is 0.500. The summed E-state index contributed by atoms with van der Waals surface area (Å²) in [5.74, 6) is 1.93. The van der Waals surface area contributed by atoms with E-state index in [0.717, 1.165) is 43.8 Å². The van der Waals surface area contributed by atoms with E-state index >= 15 is 0 Å². The molecule has 112 valence electrons. The number of ether oxygens (including phenoxy) is 1. The summed E-state index contributed by atoms with van der Waals surface area (Å²) >= 11 is 0. The van der Waals surface area contributed by atoms with E-state index < -0.39 is 0 Å². The van der Waals surface area contributed by atoms with Crippen LogP contribution in [0, 0.1) is 0 Å². The van der Waals surface area contributed by atoms with Gasteiger partial charge in [0.2, 0.25) is 0 Å². The lowest BCUT2D eigenvalue weighted by atomic mass is 9.88. The maximum atomic E-state index is 5.32. The van der Waals surface area contributed by atoms with Crippen molar-refractivity contribution in [1.29, 1.82) is 0 Å². The summed E-state index contributed by atoms with van der Waals surface area (Å²) in [6.45, 7) is 1.02. The van der Waals surface area contributed by atoms with E-state index in [1.807, 2.05) is 0 Å². The predicted molar refractivity (Wildman–Crippen MR) is 81.5 cm³/mol. The first-order chi connectivity index (χ1) is 10.3. The zero-order chi connectivity index (χ0) is 14.5. The van der Waals surface area contributed by atoms with Crippen molar-refractivity contribution in [3.63, 3.8) is 0 Å². The van der Waals surface area contributed by atoms with Crippen molar-refractivity contribution in [2.75, 3.05) is 13.7 Å². The van der Waals surface area contributed by atoms with E-state index in [1.54, 1.807) is 13.4 Å². The maximum Gasteiger partial charge on any atom is 0.137 e. The van der Waals surface area contributed by atoms with Gasteiger partial charge in [0, 0.05) is 12.5 Å². The van der Waals surface area contributed by atoms with E-state index in [1.165, 1.54) is 17.5 Å². The lowest BCUT2D eigenvalue weighted by molar-refractivity contribution is 0.410. The van der Waals surface area contributed by atoms with Crippen molar-refractivity contribution in [3.05, 3.63) is 41.5 Å². The Bertz CT molecular complexity index is 568. The number of aromatic amines is 1. The van der Waals surface area contributed by atoms with Crippen molar-refractivity contribution >= 4 is 0 Å². The minimum Gasteiger partial charge on any atom is -0.497 e. The van der Waals surface area contributed by atoms with Crippen LogP contribution in [-0.4, -0.2) is 34.9 Å². The van der Waals surface area contributed by atoms with Crippen molar-refractivity contribution < 1.29 is 4.74 Å². The smallest absolute Gasteiger partial charge is 0.137 e. The number of aromatic nitrogens is 3. The highest BCUT2D eigenvalue weighted by atomic mass is 16.5. The molecule has 1 atom stereocenters. The molecule has 5 nitrogen and oxygen atoms in total. The minimum absolute atomic E-state index is 0.569. The van der Waals surface area contributed by atoms with Gasteiger partial charge in [-0.1, -0.05) is 6.07 Å². The Morgan fingerprint density at radius 2 is 2.33 bits per heavy atom. The Labute approximate surface area is 125 Å². The molecule has 0 spiro atoms. The zero-order valence-electron chi connectivity index (χ0n) is 12.4. The van der Waals surface area contributed by atoms with Gasteiger partial charge in [-0.25, -0.2) is 4.98 Å². The number of nitrogens with zero attached hydrogens (tertiary/aromatic N) is 2. The number of hydrogen-bond donors (Lipinski definition) is 2. The molecule has 2 aromatic rings. The zero-order valence-corrected chi connectivity index (χ0v) is 12.4. The molecule has 1 aliphatic rings. The molecule has 0 radical (unpaired) electrons. The number of nitrogens with one attached hydrogen (secondary N) is 2. The topological polar surface area (TPSA) is 62.8 Å². The molecule has 5 heteroatoms. The van der Waals surface area contributed by atoms with Crippen molar-refractivity contribution in [2.45, 2.75) is 38.1 Å². The highest BCUT2D eigenvalue weighted by molar-refractivity contribution is 5.37. The molecule has 3 rings (SSSR count).